The Bertz CT molecular complexity index is 433. The molecule has 106 valence electrons. The molecule has 1 rings (SSSR count). The van der Waals surface area contributed by atoms with Crippen LogP contribution in [0.5, 0.6) is 11.5 Å². The van der Waals surface area contributed by atoms with Gasteiger partial charge in [0.05, 0.1) is 14.2 Å². The summed E-state index contributed by atoms with van der Waals surface area (Å²) in [7, 11) is 3.13. The quantitative estimate of drug-likeness (QED) is 0.784. The first-order valence-electron chi connectivity index (χ1n) is 6.24. The fraction of sp³-hybridized carbons (Fsp3) is 0.500. The van der Waals surface area contributed by atoms with Gasteiger partial charge in [-0.15, -0.1) is 0 Å². The number of carbonyl (C=O) groups is 1. The zero-order chi connectivity index (χ0) is 14.4. The third-order valence-corrected chi connectivity index (χ3v) is 2.76. The molecule has 19 heavy (non-hydrogen) atoms. The molecule has 1 amide bonds. The zero-order valence-electron chi connectivity index (χ0n) is 11.9. The molecule has 5 heteroatoms. The van der Waals surface area contributed by atoms with Crippen molar-refractivity contribution < 1.29 is 14.3 Å². The minimum atomic E-state index is -0.526. The summed E-state index contributed by atoms with van der Waals surface area (Å²) in [6.07, 6.45) is 0. The number of nitrogens with two attached hydrogens (primary N) is 1. The van der Waals surface area contributed by atoms with Gasteiger partial charge in [0, 0.05) is 0 Å². The number of amides is 1. The molecular weight excluding hydrogens is 244 g/mol. The van der Waals surface area contributed by atoms with E-state index in [1.807, 2.05) is 6.07 Å². The predicted molar refractivity (Wildman–Crippen MR) is 74.3 cm³/mol. The SMILES string of the molecule is COc1ccc(C(NCC(C)C)C(N)=O)cc1OC. The first kappa shape index (κ1) is 15.3. The number of benzene rings is 1. The lowest BCUT2D eigenvalue weighted by atomic mass is 10.0. The molecule has 5 nitrogen and oxygen atoms in total. The summed E-state index contributed by atoms with van der Waals surface area (Å²) in [4.78, 5) is 11.6. The van der Waals surface area contributed by atoms with Gasteiger partial charge in [0.25, 0.3) is 0 Å². The maximum absolute atomic E-state index is 11.6. The van der Waals surface area contributed by atoms with Gasteiger partial charge >= 0.3 is 0 Å². The summed E-state index contributed by atoms with van der Waals surface area (Å²) in [5.41, 5.74) is 6.21. The first-order chi connectivity index (χ1) is 8.99. The minimum Gasteiger partial charge on any atom is -0.493 e. The number of rotatable bonds is 7. The lowest BCUT2D eigenvalue weighted by Gasteiger charge is -2.18. The van der Waals surface area contributed by atoms with E-state index in [0.29, 0.717) is 24.0 Å². The molecule has 0 aromatic heterocycles. The Balaban J connectivity index is 2.99. The minimum absolute atomic E-state index is 0.409. The summed E-state index contributed by atoms with van der Waals surface area (Å²) in [5, 5.41) is 3.15. The van der Waals surface area contributed by atoms with E-state index in [9.17, 15) is 4.79 Å². The van der Waals surface area contributed by atoms with Gasteiger partial charge in [0.2, 0.25) is 5.91 Å². The van der Waals surface area contributed by atoms with Gasteiger partial charge in [0.15, 0.2) is 11.5 Å². The molecule has 1 aromatic rings. The Hall–Kier alpha value is -1.75. The highest BCUT2D eigenvalue weighted by Gasteiger charge is 2.19. The third kappa shape index (κ3) is 4.13. The molecule has 0 saturated heterocycles. The van der Waals surface area contributed by atoms with Crippen LogP contribution in [0, 0.1) is 5.92 Å². The average molecular weight is 266 g/mol. The van der Waals surface area contributed by atoms with Gasteiger partial charge in [0.1, 0.15) is 6.04 Å². The second kappa shape index (κ2) is 6.99. The summed E-state index contributed by atoms with van der Waals surface area (Å²) >= 11 is 0. The molecular formula is C14H22N2O3. The van der Waals surface area contributed by atoms with E-state index in [0.717, 1.165) is 5.56 Å². The van der Waals surface area contributed by atoms with Crippen LogP contribution in [0.1, 0.15) is 25.5 Å². The van der Waals surface area contributed by atoms with Crippen molar-refractivity contribution in [3.8, 4) is 11.5 Å². The van der Waals surface area contributed by atoms with Crippen LogP contribution in [0.2, 0.25) is 0 Å². The molecule has 0 fully saturated rings. The lowest BCUT2D eigenvalue weighted by Crippen LogP contribution is -2.35. The molecule has 1 unspecified atom stereocenters. The van der Waals surface area contributed by atoms with Gasteiger partial charge in [-0.05, 0) is 30.2 Å². The number of hydrogen-bond acceptors (Lipinski definition) is 4. The molecule has 0 radical (unpaired) electrons. The van der Waals surface area contributed by atoms with Crippen LogP contribution < -0.4 is 20.5 Å². The second-order valence-electron chi connectivity index (χ2n) is 4.75. The maximum atomic E-state index is 11.6. The largest absolute Gasteiger partial charge is 0.493 e. The summed E-state index contributed by atoms with van der Waals surface area (Å²) < 4.78 is 10.4. The van der Waals surface area contributed by atoms with Crippen LogP contribution in [-0.2, 0) is 4.79 Å². The normalized spacial score (nSPS) is 12.3. The number of nitrogens with one attached hydrogen (secondary N) is 1. The smallest absolute Gasteiger partial charge is 0.239 e. The molecule has 0 bridgehead atoms. The molecule has 0 aliphatic rings. The monoisotopic (exact) mass is 266 g/mol. The molecule has 0 aliphatic heterocycles. The van der Waals surface area contributed by atoms with Crippen molar-refractivity contribution in [3.63, 3.8) is 0 Å². The number of ether oxygens (including phenoxy) is 2. The molecule has 0 heterocycles. The van der Waals surface area contributed by atoms with E-state index in [1.54, 1.807) is 26.4 Å². The topological polar surface area (TPSA) is 73.6 Å². The van der Waals surface area contributed by atoms with Crippen molar-refractivity contribution in [2.75, 3.05) is 20.8 Å². The molecule has 0 saturated carbocycles. The Morgan fingerprint density at radius 3 is 2.37 bits per heavy atom. The van der Waals surface area contributed by atoms with Crippen LogP contribution in [0.15, 0.2) is 18.2 Å². The molecule has 3 N–H and O–H groups in total. The highest BCUT2D eigenvalue weighted by atomic mass is 16.5. The van der Waals surface area contributed by atoms with Crippen molar-refractivity contribution >= 4 is 5.91 Å². The summed E-state index contributed by atoms with van der Waals surface area (Å²) in [6, 6.07) is 4.81. The average Bonchev–Trinajstić information content (AvgIpc) is 2.37. The van der Waals surface area contributed by atoms with E-state index in [1.165, 1.54) is 0 Å². The van der Waals surface area contributed by atoms with Crippen molar-refractivity contribution in [2.45, 2.75) is 19.9 Å². The van der Waals surface area contributed by atoms with E-state index in [2.05, 4.69) is 19.2 Å². The van der Waals surface area contributed by atoms with Crippen LogP contribution in [0.4, 0.5) is 0 Å². The lowest BCUT2D eigenvalue weighted by molar-refractivity contribution is -0.120. The molecule has 0 spiro atoms. The van der Waals surface area contributed by atoms with Crippen molar-refractivity contribution in [1.29, 1.82) is 0 Å². The molecule has 1 aromatic carbocycles. The number of carbonyl (C=O) groups excluding carboxylic acids is 1. The highest BCUT2D eigenvalue weighted by molar-refractivity contribution is 5.81. The van der Waals surface area contributed by atoms with Gasteiger partial charge in [-0.25, -0.2) is 0 Å². The third-order valence-electron chi connectivity index (χ3n) is 2.76. The Kier molecular flexibility index (Phi) is 5.63. The Morgan fingerprint density at radius 2 is 1.89 bits per heavy atom. The number of primary amides is 1. The standard InChI is InChI=1S/C14H22N2O3/c1-9(2)8-16-13(14(15)17)10-5-6-11(18-3)12(7-10)19-4/h5-7,9,13,16H,8H2,1-4H3,(H2,15,17). The highest BCUT2D eigenvalue weighted by Crippen LogP contribution is 2.29. The van der Waals surface area contributed by atoms with Crippen molar-refractivity contribution in [3.05, 3.63) is 23.8 Å². The van der Waals surface area contributed by atoms with Gasteiger partial charge in [-0.1, -0.05) is 19.9 Å². The van der Waals surface area contributed by atoms with E-state index in [-0.39, 0.29) is 0 Å². The maximum Gasteiger partial charge on any atom is 0.239 e. The Labute approximate surface area is 114 Å². The van der Waals surface area contributed by atoms with Crippen molar-refractivity contribution in [2.24, 2.45) is 11.7 Å². The van der Waals surface area contributed by atoms with Gasteiger partial charge < -0.3 is 20.5 Å². The number of hydrogen-bond donors (Lipinski definition) is 2. The summed E-state index contributed by atoms with van der Waals surface area (Å²) in [5.74, 6) is 1.23. The molecule has 0 aliphatic carbocycles. The van der Waals surface area contributed by atoms with E-state index >= 15 is 0 Å². The Morgan fingerprint density at radius 1 is 1.26 bits per heavy atom. The fourth-order valence-electron chi connectivity index (χ4n) is 1.77. The van der Waals surface area contributed by atoms with Gasteiger partial charge in [-0.2, -0.15) is 0 Å². The van der Waals surface area contributed by atoms with E-state index in [4.69, 9.17) is 15.2 Å². The van der Waals surface area contributed by atoms with Gasteiger partial charge in [-0.3, -0.25) is 4.79 Å². The fourth-order valence-corrected chi connectivity index (χ4v) is 1.77. The van der Waals surface area contributed by atoms with Crippen LogP contribution >= 0.6 is 0 Å². The predicted octanol–water partition coefficient (Wildman–Crippen LogP) is 1.48. The second-order valence-corrected chi connectivity index (χ2v) is 4.75. The summed E-state index contributed by atoms with van der Waals surface area (Å²) in [6.45, 7) is 4.85. The molecule has 1 atom stereocenters. The first-order valence-corrected chi connectivity index (χ1v) is 6.24. The van der Waals surface area contributed by atoms with Crippen molar-refractivity contribution in [1.82, 2.24) is 5.32 Å². The van der Waals surface area contributed by atoms with Crippen LogP contribution in [0.25, 0.3) is 0 Å². The zero-order valence-corrected chi connectivity index (χ0v) is 11.9. The van der Waals surface area contributed by atoms with Crippen LogP contribution in [0.3, 0.4) is 0 Å². The number of methoxy groups -OCH3 is 2. The van der Waals surface area contributed by atoms with Crippen LogP contribution in [-0.4, -0.2) is 26.7 Å². The van der Waals surface area contributed by atoms with E-state index < -0.39 is 11.9 Å².